The number of aromatic nitrogens is 1. The predicted molar refractivity (Wildman–Crippen MR) is 70.1 cm³/mol. The topological polar surface area (TPSA) is 42.4 Å². The van der Waals surface area contributed by atoms with E-state index in [1.54, 1.807) is 24.3 Å². The minimum absolute atomic E-state index is 0.0844. The van der Waals surface area contributed by atoms with E-state index in [0.29, 0.717) is 5.82 Å². The Hall–Kier alpha value is -2.36. The number of carbonyl (C=O) groups excluding carboxylic acids is 1. The van der Waals surface area contributed by atoms with Gasteiger partial charge in [-0.1, -0.05) is 6.07 Å². The summed E-state index contributed by atoms with van der Waals surface area (Å²) < 4.78 is 5.10. The third kappa shape index (κ3) is 2.48. The molecule has 0 aliphatic rings. The second kappa shape index (κ2) is 5.31. The van der Waals surface area contributed by atoms with E-state index in [0.717, 1.165) is 11.4 Å². The largest absolute Gasteiger partial charge is 0.497 e. The Balaban J connectivity index is 2.39. The predicted octanol–water partition coefficient (Wildman–Crippen LogP) is 2.77. The van der Waals surface area contributed by atoms with Crippen molar-refractivity contribution in [1.29, 1.82) is 0 Å². The van der Waals surface area contributed by atoms with Crippen LogP contribution in [-0.4, -0.2) is 18.0 Å². The first-order valence-corrected chi connectivity index (χ1v) is 5.58. The molecule has 0 bridgehead atoms. The van der Waals surface area contributed by atoms with E-state index in [2.05, 4.69) is 4.98 Å². The smallest absolute Gasteiger partial charge is 0.229 e. The van der Waals surface area contributed by atoms with Crippen molar-refractivity contribution in [2.75, 3.05) is 12.0 Å². The van der Waals surface area contributed by atoms with Gasteiger partial charge in [0.2, 0.25) is 5.91 Å². The van der Waals surface area contributed by atoms with Crippen LogP contribution in [0, 0.1) is 0 Å². The van der Waals surface area contributed by atoms with Gasteiger partial charge in [-0.2, -0.15) is 0 Å². The number of hydrogen-bond donors (Lipinski definition) is 0. The molecule has 0 fully saturated rings. The van der Waals surface area contributed by atoms with Crippen LogP contribution in [0.15, 0.2) is 48.7 Å². The maximum Gasteiger partial charge on any atom is 0.229 e. The molecule has 92 valence electrons. The zero-order valence-corrected chi connectivity index (χ0v) is 10.3. The van der Waals surface area contributed by atoms with Crippen molar-refractivity contribution in [3.05, 3.63) is 48.7 Å². The van der Waals surface area contributed by atoms with E-state index in [9.17, 15) is 4.79 Å². The van der Waals surface area contributed by atoms with Crippen LogP contribution in [0.4, 0.5) is 11.5 Å². The Morgan fingerprint density at radius 1 is 1.17 bits per heavy atom. The molecular formula is C14H14N2O2. The lowest BCUT2D eigenvalue weighted by molar-refractivity contribution is -0.115. The fraction of sp³-hybridized carbons (Fsp3) is 0.143. The molecule has 1 heterocycles. The summed E-state index contributed by atoms with van der Waals surface area (Å²) in [5.74, 6) is 1.28. The number of nitrogens with zero attached hydrogens (tertiary/aromatic N) is 2. The van der Waals surface area contributed by atoms with Gasteiger partial charge in [-0.3, -0.25) is 9.69 Å². The van der Waals surface area contributed by atoms with Gasteiger partial charge in [0.25, 0.3) is 0 Å². The summed E-state index contributed by atoms with van der Waals surface area (Å²) in [7, 11) is 1.61. The van der Waals surface area contributed by atoms with Gasteiger partial charge in [0.1, 0.15) is 11.6 Å². The van der Waals surface area contributed by atoms with Crippen LogP contribution in [-0.2, 0) is 4.79 Å². The summed E-state index contributed by atoms with van der Waals surface area (Å²) >= 11 is 0. The number of benzene rings is 1. The van der Waals surface area contributed by atoms with E-state index in [1.807, 2.05) is 36.4 Å². The number of ether oxygens (including phenoxy) is 1. The van der Waals surface area contributed by atoms with Crippen LogP contribution < -0.4 is 9.64 Å². The summed E-state index contributed by atoms with van der Waals surface area (Å²) in [6.45, 7) is 1.51. The molecule has 1 amide bonds. The fourth-order valence-electron chi connectivity index (χ4n) is 1.69. The van der Waals surface area contributed by atoms with Gasteiger partial charge in [-0.05, 0) is 36.4 Å². The van der Waals surface area contributed by atoms with Gasteiger partial charge in [0.15, 0.2) is 0 Å². The van der Waals surface area contributed by atoms with Crippen LogP contribution >= 0.6 is 0 Å². The summed E-state index contributed by atoms with van der Waals surface area (Å²) in [6.07, 6.45) is 1.66. The van der Waals surface area contributed by atoms with Crippen LogP contribution in [0.1, 0.15) is 6.92 Å². The van der Waals surface area contributed by atoms with Crippen LogP contribution in [0.5, 0.6) is 5.75 Å². The lowest BCUT2D eigenvalue weighted by Crippen LogP contribution is -2.23. The summed E-state index contributed by atoms with van der Waals surface area (Å²) in [4.78, 5) is 17.5. The molecular weight excluding hydrogens is 228 g/mol. The van der Waals surface area contributed by atoms with Gasteiger partial charge in [-0.25, -0.2) is 4.98 Å². The second-order valence-corrected chi connectivity index (χ2v) is 3.74. The van der Waals surface area contributed by atoms with E-state index in [-0.39, 0.29) is 5.91 Å². The summed E-state index contributed by atoms with van der Waals surface area (Å²) in [6, 6.07) is 12.7. The molecule has 2 aromatic rings. The van der Waals surface area contributed by atoms with Crippen molar-refractivity contribution < 1.29 is 9.53 Å². The molecule has 0 aliphatic carbocycles. The van der Waals surface area contributed by atoms with Crippen LogP contribution in [0.3, 0.4) is 0 Å². The molecule has 0 atom stereocenters. The van der Waals surface area contributed by atoms with Crippen LogP contribution in [0.25, 0.3) is 0 Å². The maximum absolute atomic E-state index is 11.8. The molecule has 4 nitrogen and oxygen atoms in total. The molecule has 0 unspecified atom stereocenters. The first-order valence-electron chi connectivity index (χ1n) is 5.58. The van der Waals surface area contributed by atoms with Crippen molar-refractivity contribution in [1.82, 2.24) is 4.98 Å². The van der Waals surface area contributed by atoms with Gasteiger partial charge >= 0.3 is 0 Å². The van der Waals surface area contributed by atoms with Gasteiger partial charge in [0.05, 0.1) is 12.8 Å². The Kier molecular flexibility index (Phi) is 3.57. The number of pyridine rings is 1. The molecule has 0 aliphatic heterocycles. The average Bonchev–Trinajstić information content (AvgIpc) is 2.40. The maximum atomic E-state index is 11.8. The molecule has 1 aromatic carbocycles. The number of hydrogen-bond acceptors (Lipinski definition) is 3. The standard InChI is InChI=1S/C14H14N2O2/c1-11(17)16(14-5-3-4-10-15-14)12-6-8-13(18-2)9-7-12/h3-10H,1-2H3. The number of amides is 1. The Morgan fingerprint density at radius 2 is 1.89 bits per heavy atom. The molecule has 2 rings (SSSR count). The third-order valence-electron chi connectivity index (χ3n) is 2.52. The van der Waals surface area contributed by atoms with Gasteiger partial charge in [-0.15, -0.1) is 0 Å². The van der Waals surface area contributed by atoms with Crippen molar-refractivity contribution >= 4 is 17.4 Å². The highest BCUT2D eigenvalue weighted by Gasteiger charge is 2.14. The molecule has 0 spiro atoms. The van der Waals surface area contributed by atoms with Crippen molar-refractivity contribution in [3.63, 3.8) is 0 Å². The van der Waals surface area contributed by atoms with Crippen LogP contribution in [0.2, 0.25) is 0 Å². The minimum atomic E-state index is -0.0844. The Bertz CT molecular complexity index is 523. The van der Waals surface area contributed by atoms with E-state index in [4.69, 9.17) is 4.74 Å². The molecule has 0 saturated carbocycles. The highest BCUT2D eigenvalue weighted by molar-refractivity contribution is 5.98. The minimum Gasteiger partial charge on any atom is -0.497 e. The number of rotatable bonds is 3. The van der Waals surface area contributed by atoms with Gasteiger partial charge < -0.3 is 4.74 Å². The molecule has 0 saturated heterocycles. The van der Waals surface area contributed by atoms with Crippen molar-refractivity contribution in [2.24, 2.45) is 0 Å². The summed E-state index contributed by atoms with van der Waals surface area (Å²) in [5, 5.41) is 0. The summed E-state index contributed by atoms with van der Waals surface area (Å²) in [5.41, 5.74) is 0.766. The molecule has 0 N–H and O–H groups in total. The zero-order valence-electron chi connectivity index (χ0n) is 10.3. The quantitative estimate of drug-likeness (QED) is 0.831. The fourth-order valence-corrected chi connectivity index (χ4v) is 1.69. The highest BCUT2D eigenvalue weighted by atomic mass is 16.5. The lowest BCUT2D eigenvalue weighted by atomic mass is 10.2. The Morgan fingerprint density at radius 3 is 2.39 bits per heavy atom. The normalized spacial score (nSPS) is 9.89. The van der Waals surface area contributed by atoms with E-state index < -0.39 is 0 Å². The lowest BCUT2D eigenvalue weighted by Gasteiger charge is -2.20. The Labute approximate surface area is 106 Å². The first-order chi connectivity index (χ1) is 8.72. The van der Waals surface area contributed by atoms with Crippen molar-refractivity contribution in [3.8, 4) is 5.75 Å². The monoisotopic (exact) mass is 242 g/mol. The van der Waals surface area contributed by atoms with Crippen molar-refractivity contribution in [2.45, 2.75) is 6.92 Å². The highest BCUT2D eigenvalue weighted by Crippen LogP contribution is 2.25. The van der Waals surface area contributed by atoms with E-state index in [1.165, 1.54) is 6.92 Å². The molecule has 0 radical (unpaired) electrons. The third-order valence-corrected chi connectivity index (χ3v) is 2.52. The molecule has 4 heteroatoms. The number of carbonyl (C=O) groups is 1. The second-order valence-electron chi connectivity index (χ2n) is 3.74. The van der Waals surface area contributed by atoms with Gasteiger partial charge in [0, 0.05) is 13.1 Å². The molecule has 1 aromatic heterocycles. The average molecular weight is 242 g/mol. The number of methoxy groups -OCH3 is 1. The SMILES string of the molecule is COc1ccc(N(C(C)=O)c2ccccn2)cc1. The van der Waals surface area contributed by atoms with E-state index >= 15 is 0 Å². The number of anilines is 2. The first kappa shape index (κ1) is 12.1. The molecule has 18 heavy (non-hydrogen) atoms. The zero-order chi connectivity index (χ0) is 13.0.